The van der Waals surface area contributed by atoms with Gasteiger partial charge in [0, 0.05) is 18.5 Å². The van der Waals surface area contributed by atoms with Gasteiger partial charge in [0.05, 0.1) is 0 Å². The molecule has 2 unspecified atom stereocenters. The zero-order valence-electron chi connectivity index (χ0n) is 9.48. The molecule has 1 saturated heterocycles. The van der Waals surface area contributed by atoms with Crippen LogP contribution in [0.5, 0.6) is 0 Å². The smallest absolute Gasteiger partial charge is 0.330 e. The van der Waals surface area contributed by atoms with Gasteiger partial charge in [-0.3, -0.25) is 4.79 Å². The van der Waals surface area contributed by atoms with Crippen LogP contribution in [0.15, 0.2) is 0 Å². The first-order valence-corrected chi connectivity index (χ1v) is 5.80. The maximum Gasteiger partial charge on any atom is 0.330 e. The predicted octanol–water partition coefficient (Wildman–Crippen LogP) is 0.0600. The predicted molar refractivity (Wildman–Crippen MR) is 57.9 cm³/mol. The van der Waals surface area contributed by atoms with E-state index >= 15 is 0 Å². The highest BCUT2D eigenvalue weighted by molar-refractivity contribution is 5.82. The lowest BCUT2D eigenvalue weighted by molar-refractivity contribution is -0.162. The molecule has 2 aliphatic rings. The van der Waals surface area contributed by atoms with Crippen molar-refractivity contribution < 1.29 is 14.7 Å². The Balaban J connectivity index is 2.31. The average Bonchev–Trinajstić information content (AvgIpc) is 3.05. The van der Waals surface area contributed by atoms with E-state index in [2.05, 4.69) is 5.32 Å². The lowest BCUT2D eigenvalue weighted by Gasteiger charge is -2.45. The summed E-state index contributed by atoms with van der Waals surface area (Å²) < 4.78 is 0. The van der Waals surface area contributed by atoms with Crippen molar-refractivity contribution >= 4 is 12.4 Å². The van der Waals surface area contributed by atoms with Gasteiger partial charge >= 0.3 is 5.97 Å². The molecular formula is C11H18N2O3. The van der Waals surface area contributed by atoms with Crippen LogP contribution >= 0.6 is 0 Å². The molecule has 1 amide bonds. The molecule has 0 radical (unpaired) electrons. The third-order valence-electron chi connectivity index (χ3n) is 3.83. The molecule has 0 spiro atoms. The minimum Gasteiger partial charge on any atom is -0.479 e. The summed E-state index contributed by atoms with van der Waals surface area (Å²) in [5.41, 5.74) is -0.992. The van der Waals surface area contributed by atoms with E-state index in [0.717, 1.165) is 19.3 Å². The topological polar surface area (TPSA) is 69.6 Å². The minimum absolute atomic E-state index is 0.0513. The van der Waals surface area contributed by atoms with Crippen LogP contribution in [0.3, 0.4) is 0 Å². The lowest BCUT2D eigenvalue weighted by Crippen LogP contribution is -2.64. The molecule has 2 atom stereocenters. The maximum atomic E-state index is 11.6. The van der Waals surface area contributed by atoms with E-state index in [1.807, 2.05) is 6.92 Å². The monoisotopic (exact) mass is 226 g/mol. The zero-order valence-corrected chi connectivity index (χ0v) is 9.48. The van der Waals surface area contributed by atoms with Crippen LogP contribution in [0, 0.1) is 5.92 Å². The van der Waals surface area contributed by atoms with Crippen molar-refractivity contribution in [1.29, 1.82) is 0 Å². The van der Waals surface area contributed by atoms with Crippen LogP contribution in [0.4, 0.5) is 0 Å². The maximum absolute atomic E-state index is 11.6. The van der Waals surface area contributed by atoms with E-state index in [4.69, 9.17) is 0 Å². The summed E-state index contributed by atoms with van der Waals surface area (Å²) in [5, 5.41) is 12.7. The van der Waals surface area contributed by atoms with Crippen LogP contribution in [-0.4, -0.2) is 47.1 Å². The molecular weight excluding hydrogens is 208 g/mol. The van der Waals surface area contributed by atoms with Crippen molar-refractivity contribution in [2.75, 3.05) is 13.1 Å². The SMILES string of the molecule is CC1CNCCC1(C(=O)O)N(C=O)C1CC1. The summed E-state index contributed by atoms with van der Waals surface area (Å²) in [4.78, 5) is 24.3. The Labute approximate surface area is 94.8 Å². The van der Waals surface area contributed by atoms with Gasteiger partial charge in [-0.15, -0.1) is 0 Å². The highest BCUT2D eigenvalue weighted by Crippen LogP contribution is 2.38. The van der Waals surface area contributed by atoms with Crippen molar-refractivity contribution in [2.24, 2.45) is 5.92 Å². The molecule has 5 nitrogen and oxygen atoms in total. The normalized spacial score (nSPS) is 34.4. The third-order valence-corrected chi connectivity index (χ3v) is 3.83. The summed E-state index contributed by atoms with van der Waals surface area (Å²) in [6, 6.07) is 0.147. The number of hydrogen-bond donors (Lipinski definition) is 2. The lowest BCUT2D eigenvalue weighted by atomic mass is 9.78. The number of nitrogens with zero attached hydrogens (tertiary/aromatic N) is 1. The number of nitrogens with one attached hydrogen (secondary N) is 1. The number of carboxylic acids is 1. The zero-order chi connectivity index (χ0) is 11.8. The van der Waals surface area contributed by atoms with Crippen LogP contribution in [0.2, 0.25) is 0 Å². The number of rotatable bonds is 4. The number of carboxylic acid groups (broad SMARTS) is 1. The van der Waals surface area contributed by atoms with Crippen molar-refractivity contribution in [1.82, 2.24) is 10.2 Å². The molecule has 0 bridgehead atoms. The first-order valence-electron chi connectivity index (χ1n) is 5.80. The molecule has 1 aliphatic heterocycles. The Morgan fingerprint density at radius 2 is 2.25 bits per heavy atom. The average molecular weight is 226 g/mol. The fourth-order valence-electron chi connectivity index (χ4n) is 2.68. The van der Waals surface area contributed by atoms with Crippen LogP contribution < -0.4 is 5.32 Å². The summed E-state index contributed by atoms with van der Waals surface area (Å²) >= 11 is 0. The number of piperidine rings is 1. The van der Waals surface area contributed by atoms with Crippen molar-refractivity contribution in [3.63, 3.8) is 0 Å². The van der Waals surface area contributed by atoms with Crippen molar-refractivity contribution in [3.8, 4) is 0 Å². The first kappa shape index (κ1) is 11.4. The molecule has 0 aromatic carbocycles. The van der Waals surface area contributed by atoms with Gasteiger partial charge in [-0.25, -0.2) is 4.79 Å². The molecule has 1 heterocycles. The van der Waals surface area contributed by atoms with E-state index in [9.17, 15) is 14.7 Å². The van der Waals surface area contributed by atoms with Gasteiger partial charge in [0.25, 0.3) is 0 Å². The number of aliphatic carboxylic acids is 1. The second-order valence-electron chi connectivity index (χ2n) is 4.83. The highest BCUT2D eigenvalue weighted by atomic mass is 16.4. The van der Waals surface area contributed by atoms with Crippen molar-refractivity contribution in [2.45, 2.75) is 37.8 Å². The van der Waals surface area contributed by atoms with E-state index < -0.39 is 11.5 Å². The summed E-state index contributed by atoms with van der Waals surface area (Å²) in [5.74, 6) is -0.912. The standard InChI is InChI=1S/C11H18N2O3/c1-8-6-12-5-4-11(8,10(15)16)13(7-14)9-2-3-9/h7-9,12H,2-6H2,1H3,(H,15,16). The van der Waals surface area contributed by atoms with Gasteiger partial charge in [-0.05, 0) is 25.8 Å². The third kappa shape index (κ3) is 1.59. The molecule has 2 fully saturated rings. The van der Waals surface area contributed by atoms with Gasteiger partial charge in [0.15, 0.2) is 0 Å². The molecule has 1 saturated carbocycles. The molecule has 16 heavy (non-hydrogen) atoms. The van der Waals surface area contributed by atoms with Gasteiger partial charge in [0.2, 0.25) is 6.41 Å². The fourth-order valence-corrected chi connectivity index (χ4v) is 2.68. The Morgan fingerprint density at radius 3 is 2.69 bits per heavy atom. The Kier molecular flexibility index (Phi) is 2.88. The summed E-state index contributed by atoms with van der Waals surface area (Å²) in [6.07, 6.45) is 3.11. The van der Waals surface area contributed by atoms with E-state index in [1.54, 1.807) is 4.90 Å². The molecule has 0 aromatic rings. The van der Waals surface area contributed by atoms with Crippen LogP contribution in [-0.2, 0) is 9.59 Å². The molecule has 5 heteroatoms. The quantitative estimate of drug-likeness (QED) is 0.665. The molecule has 0 aromatic heterocycles. The number of carbonyl (C=O) groups is 2. The minimum atomic E-state index is -0.992. The van der Waals surface area contributed by atoms with Crippen molar-refractivity contribution in [3.05, 3.63) is 0 Å². The number of hydrogen-bond acceptors (Lipinski definition) is 3. The molecule has 2 N–H and O–H groups in total. The molecule has 2 rings (SSSR count). The van der Waals surface area contributed by atoms with E-state index in [-0.39, 0.29) is 12.0 Å². The van der Waals surface area contributed by atoms with E-state index in [1.165, 1.54) is 0 Å². The van der Waals surface area contributed by atoms with Gasteiger partial charge in [-0.1, -0.05) is 6.92 Å². The second-order valence-corrected chi connectivity index (χ2v) is 4.83. The largest absolute Gasteiger partial charge is 0.479 e. The summed E-state index contributed by atoms with van der Waals surface area (Å²) in [7, 11) is 0. The van der Waals surface area contributed by atoms with Crippen LogP contribution in [0.25, 0.3) is 0 Å². The molecule has 90 valence electrons. The fraction of sp³-hybridized carbons (Fsp3) is 0.818. The van der Waals surface area contributed by atoms with Crippen LogP contribution in [0.1, 0.15) is 26.2 Å². The Bertz CT molecular complexity index is 304. The highest BCUT2D eigenvalue weighted by Gasteiger charge is 2.53. The van der Waals surface area contributed by atoms with Gasteiger partial charge in [-0.2, -0.15) is 0 Å². The Hall–Kier alpha value is -1.10. The van der Waals surface area contributed by atoms with Gasteiger partial charge < -0.3 is 15.3 Å². The first-order chi connectivity index (χ1) is 7.63. The number of carbonyl (C=O) groups excluding carboxylic acids is 1. The number of amides is 1. The Morgan fingerprint density at radius 1 is 1.56 bits per heavy atom. The molecule has 1 aliphatic carbocycles. The van der Waals surface area contributed by atoms with E-state index in [0.29, 0.717) is 19.5 Å². The summed E-state index contributed by atoms with van der Waals surface area (Å²) in [6.45, 7) is 3.22. The van der Waals surface area contributed by atoms with Gasteiger partial charge in [0.1, 0.15) is 5.54 Å². The second kappa shape index (κ2) is 4.05.